The quantitative estimate of drug-likeness (QED) is 0.575. The molecule has 0 atom stereocenters. The molecule has 9 heteroatoms. The predicted octanol–water partition coefficient (Wildman–Crippen LogP) is 5.16. The van der Waals surface area contributed by atoms with Crippen LogP contribution in [0.2, 0.25) is 15.1 Å². The first-order valence-corrected chi connectivity index (χ1v) is 9.25. The molecule has 0 fully saturated rings. The average molecular weight is 441 g/mol. The summed E-state index contributed by atoms with van der Waals surface area (Å²) < 4.78 is 12.0. The van der Waals surface area contributed by atoms with Crippen molar-refractivity contribution >= 4 is 46.5 Å². The summed E-state index contributed by atoms with van der Waals surface area (Å²) in [6.07, 6.45) is 1.61. The number of nitrogens with one attached hydrogen (secondary N) is 1. The maximum atomic E-state index is 12.5. The molecule has 146 valence electrons. The highest BCUT2D eigenvalue weighted by atomic mass is 35.5. The summed E-state index contributed by atoms with van der Waals surface area (Å²) in [4.78, 5) is 12.5. The summed E-state index contributed by atoms with van der Waals surface area (Å²) >= 11 is 18.3. The Hall–Kier alpha value is -2.41. The zero-order valence-electron chi connectivity index (χ0n) is 15.0. The standard InChI is InChI=1S/C19H16Cl3N3O3/c1-27-16-6-4-11(7-17(16)28-2)19(26)23-18-15(22)10-25(24-18)9-12-3-5-13(20)8-14(12)21/h3-8,10H,9H2,1-2H3,(H,23,24,26). The van der Waals surface area contributed by atoms with E-state index in [1.807, 2.05) is 6.07 Å². The maximum absolute atomic E-state index is 12.5. The maximum Gasteiger partial charge on any atom is 0.257 e. The molecule has 2 aromatic carbocycles. The Labute approximate surface area is 176 Å². The summed E-state index contributed by atoms with van der Waals surface area (Å²) in [6.45, 7) is 0.377. The van der Waals surface area contributed by atoms with Gasteiger partial charge in [-0.15, -0.1) is 0 Å². The van der Waals surface area contributed by atoms with Crippen LogP contribution in [0.5, 0.6) is 11.5 Å². The van der Waals surface area contributed by atoms with Crippen molar-refractivity contribution in [1.29, 1.82) is 0 Å². The third-order valence-corrected chi connectivity index (χ3v) is 4.81. The van der Waals surface area contributed by atoms with Crippen LogP contribution in [0.1, 0.15) is 15.9 Å². The van der Waals surface area contributed by atoms with Gasteiger partial charge < -0.3 is 14.8 Å². The lowest BCUT2D eigenvalue weighted by molar-refractivity contribution is 0.102. The summed E-state index contributed by atoms with van der Waals surface area (Å²) in [5.41, 5.74) is 1.20. The second-order valence-electron chi connectivity index (χ2n) is 5.78. The van der Waals surface area contributed by atoms with Gasteiger partial charge in [-0.2, -0.15) is 5.10 Å². The first kappa shape index (κ1) is 20.3. The van der Waals surface area contributed by atoms with Crippen molar-refractivity contribution < 1.29 is 14.3 Å². The van der Waals surface area contributed by atoms with Crippen molar-refractivity contribution in [2.45, 2.75) is 6.54 Å². The number of benzene rings is 2. The second-order valence-corrected chi connectivity index (χ2v) is 7.03. The summed E-state index contributed by atoms with van der Waals surface area (Å²) in [6, 6.07) is 10.1. The minimum atomic E-state index is -0.377. The molecule has 0 aliphatic carbocycles. The van der Waals surface area contributed by atoms with Crippen LogP contribution < -0.4 is 14.8 Å². The van der Waals surface area contributed by atoms with Crippen LogP contribution in [-0.2, 0) is 6.54 Å². The van der Waals surface area contributed by atoms with Crippen molar-refractivity contribution in [2.75, 3.05) is 19.5 Å². The monoisotopic (exact) mass is 439 g/mol. The average Bonchev–Trinajstić information content (AvgIpc) is 3.02. The molecule has 0 spiro atoms. The molecule has 1 aromatic heterocycles. The van der Waals surface area contributed by atoms with E-state index in [2.05, 4.69) is 10.4 Å². The fourth-order valence-corrected chi connectivity index (χ4v) is 3.21. The number of carbonyl (C=O) groups is 1. The number of rotatable bonds is 6. The number of amides is 1. The smallest absolute Gasteiger partial charge is 0.257 e. The molecule has 0 aliphatic heterocycles. The van der Waals surface area contributed by atoms with E-state index in [4.69, 9.17) is 44.3 Å². The number of halogens is 3. The minimum Gasteiger partial charge on any atom is -0.493 e. The van der Waals surface area contributed by atoms with Crippen LogP contribution in [0, 0.1) is 0 Å². The van der Waals surface area contributed by atoms with E-state index in [1.165, 1.54) is 14.2 Å². The van der Waals surface area contributed by atoms with Crippen molar-refractivity contribution in [3.8, 4) is 11.5 Å². The molecule has 0 bridgehead atoms. The van der Waals surface area contributed by atoms with E-state index in [0.717, 1.165) is 5.56 Å². The first-order valence-electron chi connectivity index (χ1n) is 8.11. The molecule has 3 aromatic rings. The van der Waals surface area contributed by atoms with Crippen molar-refractivity contribution in [3.63, 3.8) is 0 Å². The Morgan fingerprint density at radius 3 is 2.46 bits per heavy atom. The lowest BCUT2D eigenvalue weighted by Gasteiger charge is -2.09. The molecule has 0 radical (unpaired) electrons. The number of hydrogen-bond donors (Lipinski definition) is 1. The van der Waals surface area contributed by atoms with E-state index < -0.39 is 0 Å². The number of hydrogen-bond acceptors (Lipinski definition) is 4. The zero-order chi connectivity index (χ0) is 20.3. The van der Waals surface area contributed by atoms with Gasteiger partial charge in [0, 0.05) is 21.8 Å². The van der Waals surface area contributed by atoms with Crippen molar-refractivity contribution in [1.82, 2.24) is 9.78 Å². The molecular formula is C19H16Cl3N3O3. The molecule has 1 N–H and O–H groups in total. The summed E-state index contributed by atoms with van der Waals surface area (Å²) in [7, 11) is 3.02. The first-order chi connectivity index (χ1) is 13.4. The molecule has 0 aliphatic rings. The van der Waals surface area contributed by atoms with Crippen LogP contribution in [0.15, 0.2) is 42.6 Å². The second kappa shape index (κ2) is 8.73. The van der Waals surface area contributed by atoms with Crippen molar-refractivity contribution in [3.05, 3.63) is 68.8 Å². The Kier molecular flexibility index (Phi) is 6.34. The Balaban J connectivity index is 1.77. The van der Waals surface area contributed by atoms with Crippen LogP contribution >= 0.6 is 34.8 Å². The highest BCUT2D eigenvalue weighted by Crippen LogP contribution is 2.29. The molecule has 6 nitrogen and oxygen atoms in total. The zero-order valence-corrected chi connectivity index (χ0v) is 17.3. The largest absolute Gasteiger partial charge is 0.493 e. The van der Waals surface area contributed by atoms with Gasteiger partial charge >= 0.3 is 0 Å². The molecule has 1 heterocycles. The number of methoxy groups -OCH3 is 2. The molecule has 3 rings (SSSR count). The van der Waals surface area contributed by atoms with E-state index >= 15 is 0 Å². The molecule has 0 saturated carbocycles. The lowest BCUT2D eigenvalue weighted by atomic mass is 10.2. The third-order valence-electron chi connectivity index (χ3n) is 3.94. The fraction of sp³-hybridized carbons (Fsp3) is 0.158. The predicted molar refractivity (Wildman–Crippen MR) is 110 cm³/mol. The third kappa shape index (κ3) is 4.52. The number of carbonyl (C=O) groups excluding carboxylic acids is 1. The van der Waals surface area contributed by atoms with Gasteiger partial charge in [-0.25, -0.2) is 0 Å². The van der Waals surface area contributed by atoms with Crippen LogP contribution in [-0.4, -0.2) is 29.9 Å². The van der Waals surface area contributed by atoms with Crippen LogP contribution in [0.4, 0.5) is 5.82 Å². The Morgan fingerprint density at radius 1 is 1.04 bits per heavy atom. The van der Waals surface area contributed by atoms with Crippen molar-refractivity contribution in [2.24, 2.45) is 0 Å². The van der Waals surface area contributed by atoms with Gasteiger partial charge in [-0.3, -0.25) is 9.48 Å². The van der Waals surface area contributed by atoms with Gasteiger partial charge in [0.2, 0.25) is 0 Å². The number of nitrogens with zero attached hydrogens (tertiary/aromatic N) is 2. The topological polar surface area (TPSA) is 65.4 Å². The normalized spacial score (nSPS) is 10.6. The molecule has 1 amide bonds. The lowest BCUT2D eigenvalue weighted by Crippen LogP contribution is -2.13. The van der Waals surface area contributed by atoms with Crippen LogP contribution in [0.25, 0.3) is 0 Å². The molecule has 0 saturated heterocycles. The molecular weight excluding hydrogens is 425 g/mol. The Bertz CT molecular complexity index is 1020. The van der Waals surface area contributed by atoms with Gasteiger partial charge in [0.25, 0.3) is 5.91 Å². The minimum absolute atomic E-state index is 0.242. The highest BCUT2D eigenvalue weighted by molar-refractivity contribution is 6.35. The molecule has 0 unspecified atom stereocenters. The van der Waals surface area contributed by atoms with E-state index in [-0.39, 0.29) is 11.7 Å². The highest BCUT2D eigenvalue weighted by Gasteiger charge is 2.15. The molecule has 28 heavy (non-hydrogen) atoms. The number of aromatic nitrogens is 2. The van der Waals surface area contributed by atoms with E-state index in [9.17, 15) is 4.79 Å². The van der Waals surface area contributed by atoms with Gasteiger partial charge in [0.15, 0.2) is 17.3 Å². The van der Waals surface area contributed by atoms with Gasteiger partial charge in [-0.05, 0) is 35.9 Å². The number of anilines is 1. The van der Waals surface area contributed by atoms with Gasteiger partial charge in [-0.1, -0.05) is 40.9 Å². The van der Waals surface area contributed by atoms with Gasteiger partial charge in [0.05, 0.1) is 20.8 Å². The number of ether oxygens (including phenoxy) is 2. The van der Waals surface area contributed by atoms with Crippen LogP contribution in [0.3, 0.4) is 0 Å². The van der Waals surface area contributed by atoms with Gasteiger partial charge in [0.1, 0.15) is 5.02 Å². The SMILES string of the molecule is COc1ccc(C(=O)Nc2nn(Cc3ccc(Cl)cc3Cl)cc2Cl)cc1OC. The van der Waals surface area contributed by atoms with E-state index in [0.29, 0.717) is 38.7 Å². The van der Waals surface area contributed by atoms with E-state index in [1.54, 1.807) is 41.2 Å². The Morgan fingerprint density at radius 2 is 1.79 bits per heavy atom. The summed E-state index contributed by atoms with van der Waals surface area (Å²) in [5, 5.41) is 8.39. The summed E-state index contributed by atoms with van der Waals surface area (Å²) in [5.74, 6) is 0.842. The fourth-order valence-electron chi connectivity index (χ4n) is 2.54.